The second-order valence-corrected chi connectivity index (χ2v) is 7.67. The van der Waals surface area contributed by atoms with Crippen LogP contribution in [0.5, 0.6) is 11.5 Å². The molecule has 1 aromatic carbocycles. The number of anilines is 3. The third-order valence-corrected chi connectivity index (χ3v) is 5.39. The second-order valence-electron chi connectivity index (χ2n) is 7.67. The summed E-state index contributed by atoms with van der Waals surface area (Å²) in [6.07, 6.45) is 5.75. The highest BCUT2D eigenvalue weighted by molar-refractivity contribution is 5.60. The van der Waals surface area contributed by atoms with Gasteiger partial charge < -0.3 is 25.0 Å². The summed E-state index contributed by atoms with van der Waals surface area (Å²) >= 11 is 0. The van der Waals surface area contributed by atoms with Crippen molar-refractivity contribution in [3.05, 3.63) is 30.5 Å². The predicted molar refractivity (Wildman–Crippen MR) is 111 cm³/mol. The minimum atomic E-state index is 0.537. The van der Waals surface area contributed by atoms with Gasteiger partial charge in [0.2, 0.25) is 5.95 Å². The molecule has 1 unspecified atom stereocenters. The van der Waals surface area contributed by atoms with E-state index in [0.717, 1.165) is 35.5 Å². The van der Waals surface area contributed by atoms with Gasteiger partial charge in [-0.3, -0.25) is 0 Å². The van der Waals surface area contributed by atoms with E-state index in [4.69, 9.17) is 9.47 Å². The van der Waals surface area contributed by atoms with Gasteiger partial charge in [-0.25, -0.2) is 4.98 Å². The summed E-state index contributed by atoms with van der Waals surface area (Å²) in [5.41, 5.74) is 0.867. The first-order valence-corrected chi connectivity index (χ1v) is 10.0. The van der Waals surface area contributed by atoms with Crippen molar-refractivity contribution in [1.29, 1.82) is 0 Å². The van der Waals surface area contributed by atoms with Gasteiger partial charge in [-0.15, -0.1) is 0 Å². The molecule has 28 heavy (non-hydrogen) atoms. The molecule has 1 atom stereocenters. The van der Waals surface area contributed by atoms with Crippen molar-refractivity contribution < 1.29 is 9.47 Å². The minimum absolute atomic E-state index is 0.537. The van der Waals surface area contributed by atoms with E-state index in [0.29, 0.717) is 18.5 Å². The lowest BCUT2D eigenvalue weighted by Gasteiger charge is -2.17. The summed E-state index contributed by atoms with van der Waals surface area (Å²) < 4.78 is 11.6. The highest BCUT2D eigenvalue weighted by Crippen LogP contribution is 2.33. The standard InChI is InChI=1S/C21H29N5O2/c1-22-20-7-9-23-21(25-20)24-17-5-6-18(27-2)19(11-17)28-14-16-8-10-26(13-16)12-15-3-4-15/h5-7,9,11,15-16H,3-4,8,10,12-14H2,1-2H3,(H2,22,23,24,25). The number of aromatic nitrogens is 2. The molecule has 4 rings (SSSR count). The number of nitrogens with one attached hydrogen (secondary N) is 2. The van der Waals surface area contributed by atoms with Crippen molar-refractivity contribution in [3.63, 3.8) is 0 Å². The Morgan fingerprint density at radius 2 is 2.04 bits per heavy atom. The van der Waals surface area contributed by atoms with E-state index in [2.05, 4.69) is 25.5 Å². The third kappa shape index (κ3) is 4.84. The first-order chi connectivity index (χ1) is 13.7. The molecule has 2 aliphatic rings. The van der Waals surface area contributed by atoms with Gasteiger partial charge in [0.15, 0.2) is 11.5 Å². The Morgan fingerprint density at radius 3 is 2.82 bits per heavy atom. The molecular formula is C21H29N5O2. The molecule has 1 aromatic heterocycles. The quantitative estimate of drug-likeness (QED) is 0.688. The SMILES string of the molecule is CNc1ccnc(Nc2ccc(OC)c(OCC3CCN(CC4CC4)C3)c2)n1. The maximum Gasteiger partial charge on any atom is 0.229 e. The third-order valence-electron chi connectivity index (χ3n) is 5.39. The number of methoxy groups -OCH3 is 1. The molecule has 150 valence electrons. The fraction of sp³-hybridized carbons (Fsp3) is 0.524. The van der Waals surface area contributed by atoms with Crippen LogP contribution >= 0.6 is 0 Å². The number of hydrogen-bond donors (Lipinski definition) is 2. The summed E-state index contributed by atoms with van der Waals surface area (Å²) in [4.78, 5) is 11.2. The van der Waals surface area contributed by atoms with Crippen LogP contribution in [0.15, 0.2) is 30.5 Å². The van der Waals surface area contributed by atoms with Gasteiger partial charge in [-0.1, -0.05) is 0 Å². The highest BCUT2D eigenvalue weighted by atomic mass is 16.5. The van der Waals surface area contributed by atoms with Crippen LogP contribution in [0.1, 0.15) is 19.3 Å². The Balaban J connectivity index is 1.37. The van der Waals surface area contributed by atoms with Gasteiger partial charge in [0.05, 0.1) is 13.7 Å². The van der Waals surface area contributed by atoms with Crippen LogP contribution in [-0.2, 0) is 0 Å². The lowest BCUT2D eigenvalue weighted by molar-refractivity contribution is 0.230. The zero-order valence-electron chi connectivity index (χ0n) is 16.6. The van der Waals surface area contributed by atoms with Crippen molar-refractivity contribution in [3.8, 4) is 11.5 Å². The molecule has 2 fully saturated rings. The largest absolute Gasteiger partial charge is 0.493 e. The summed E-state index contributed by atoms with van der Waals surface area (Å²) in [5, 5.41) is 6.24. The molecule has 7 heteroatoms. The fourth-order valence-corrected chi connectivity index (χ4v) is 3.64. The maximum absolute atomic E-state index is 6.16. The van der Waals surface area contributed by atoms with Crippen molar-refractivity contribution in [2.45, 2.75) is 19.3 Å². The van der Waals surface area contributed by atoms with Crippen molar-refractivity contribution in [2.24, 2.45) is 11.8 Å². The zero-order chi connectivity index (χ0) is 19.3. The van der Waals surface area contributed by atoms with Crippen LogP contribution in [0, 0.1) is 11.8 Å². The van der Waals surface area contributed by atoms with E-state index in [-0.39, 0.29) is 0 Å². The number of benzene rings is 1. The maximum atomic E-state index is 6.16. The molecule has 2 N–H and O–H groups in total. The number of ether oxygens (including phenoxy) is 2. The van der Waals surface area contributed by atoms with Crippen LogP contribution in [0.3, 0.4) is 0 Å². The van der Waals surface area contributed by atoms with E-state index in [1.54, 1.807) is 13.3 Å². The molecule has 2 heterocycles. The van der Waals surface area contributed by atoms with Gasteiger partial charge in [-0.05, 0) is 49.9 Å². The second kappa shape index (κ2) is 8.65. The van der Waals surface area contributed by atoms with Gasteiger partial charge in [0, 0.05) is 44.0 Å². The van der Waals surface area contributed by atoms with Crippen LogP contribution in [0.2, 0.25) is 0 Å². The fourth-order valence-electron chi connectivity index (χ4n) is 3.64. The first kappa shape index (κ1) is 18.8. The van der Waals surface area contributed by atoms with Gasteiger partial charge in [-0.2, -0.15) is 4.98 Å². The molecule has 1 aliphatic heterocycles. The average molecular weight is 383 g/mol. The Labute approximate surface area is 166 Å². The van der Waals surface area contributed by atoms with Crippen LogP contribution in [-0.4, -0.2) is 55.3 Å². The van der Waals surface area contributed by atoms with Gasteiger partial charge in [0.1, 0.15) is 5.82 Å². The van der Waals surface area contributed by atoms with Crippen molar-refractivity contribution in [2.75, 3.05) is 51.0 Å². The average Bonchev–Trinajstić information content (AvgIpc) is 3.42. The van der Waals surface area contributed by atoms with E-state index in [1.807, 2.05) is 31.3 Å². The summed E-state index contributed by atoms with van der Waals surface area (Å²) in [5.74, 6) is 4.32. The van der Waals surface area contributed by atoms with Gasteiger partial charge in [0.25, 0.3) is 0 Å². The van der Waals surface area contributed by atoms with E-state index in [9.17, 15) is 0 Å². The minimum Gasteiger partial charge on any atom is -0.493 e. The normalized spacial score (nSPS) is 19.4. The molecule has 7 nitrogen and oxygen atoms in total. The zero-order valence-corrected chi connectivity index (χ0v) is 16.6. The number of hydrogen-bond acceptors (Lipinski definition) is 7. The molecule has 0 amide bonds. The van der Waals surface area contributed by atoms with E-state index in [1.165, 1.54) is 32.4 Å². The van der Waals surface area contributed by atoms with Crippen LogP contribution < -0.4 is 20.1 Å². The number of nitrogens with zero attached hydrogens (tertiary/aromatic N) is 3. The lowest BCUT2D eigenvalue weighted by Crippen LogP contribution is -2.24. The van der Waals surface area contributed by atoms with Crippen LogP contribution in [0.4, 0.5) is 17.5 Å². The highest BCUT2D eigenvalue weighted by Gasteiger charge is 2.29. The first-order valence-electron chi connectivity index (χ1n) is 10.0. The monoisotopic (exact) mass is 383 g/mol. The molecular weight excluding hydrogens is 354 g/mol. The molecule has 1 saturated heterocycles. The molecule has 1 saturated carbocycles. The van der Waals surface area contributed by atoms with Crippen molar-refractivity contribution in [1.82, 2.24) is 14.9 Å². The number of rotatable bonds is 9. The summed E-state index contributed by atoms with van der Waals surface area (Å²) in [7, 11) is 3.50. The van der Waals surface area contributed by atoms with Crippen LogP contribution in [0.25, 0.3) is 0 Å². The van der Waals surface area contributed by atoms with Crippen molar-refractivity contribution >= 4 is 17.5 Å². The molecule has 0 bridgehead atoms. The Bertz CT molecular complexity index is 796. The smallest absolute Gasteiger partial charge is 0.229 e. The summed E-state index contributed by atoms with van der Waals surface area (Å²) in [6, 6.07) is 7.62. The van der Waals surface area contributed by atoms with E-state index >= 15 is 0 Å². The topological polar surface area (TPSA) is 71.5 Å². The Morgan fingerprint density at radius 1 is 1.14 bits per heavy atom. The molecule has 0 radical (unpaired) electrons. The summed E-state index contributed by atoms with van der Waals surface area (Å²) in [6.45, 7) is 4.32. The van der Waals surface area contributed by atoms with Gasteiger partial charge >= 0.3 is 0 Å². The number of likely N-dealkylation sites (tertiary alicyclic amines) is 1. The Kier molecular flexibility index (Phi) is 5.81. The lowest BCUT2D eigenvalue weighted by atomic mass is 10.1. The molecule has 1 aliphatic carbocycles. The Hall–Kier alpha value is -2.54. The van der Waals surface area contributed by atoms with E-state index < -0.39 is 0 Å². The molecule has 2 aromatic rings. The predicted octanol–water partition coefficient (Wildman–Crippen LogP) is 3.38. The molecule has 0 spiro atoms.